The minimum Gasteiger partial charge on any atom is -0.480 e. The van der Waals surface area contributed by atoms with Crippen molar-refractivity contribution in [2.75, 3.05) is 6.16 Å². The summed E-state index contributed by atoms with van der Waals surface area (Å²) in [5.41, 5.74) is 8.53. The molecule has 0 saturated heterocycles. The Balaban J connectivity index is 0.00000456. The number of carboxylic acid groups (broad SMARTS) is 1. The van der Waals surface area contributed by atoms with E-state index in [0.717, 1.165) is 16.7 Å². The zero-order valence-corrected chi connectivity index (χ0v) is 21.5. The maximum absolute atomic E-state index is 13.3. The van der Waals surface area contributed by atoms with Crippen LogP contribution in [0.25, 0.3) is 0 Å². The molecular formula is C27H32ClN2O5P. The zero-order chi connectivity index (χ0) is 25.3. The highest BCUT2D eigenvalue weighted by molar-refractivity contribution is 7.58. The predicted molar refractivity (Wildman–Crippen MR) is 143 cm³/mol. The van der Waals surface area contributed by atoms with Gasteiger partial charge in [-0.2, -0.15) is 0 Å². The monoisotopic (exact) mass is 530 g/mol. The van der Waals surface area contributed by atoms with Gasteiger partial charge >= 0.3 is 5.97 Å². The molecule has 9 heteroatoms. The van der Waals surface area contributed by atoms with Gasteiger partial charge < -0.3 is 21.1 Å². The second-order valence-corrected chi connectivity index (χ2v) is 11.2. The first-order chi connectivity index (χ1) is 16.7. The number of nitrogens with one attached hydrogen (secondary N) is 1. The van der Waals surface area contributed by atoms with Crippen molar-refractivity contribution in [1.29, 1.82) is 0 Å². The number of carboxylic acids is 1. The van der Waals surface area contributed by atoms with Crippen LogP contribution in [0.5, 0.6) is 0 Å². The minimum atomic E-state index is -3.96. The molecule has 4 atom stereocenters. The lowest BCUT2D eigenvalue weighted by atomic mass is 9.99. The van der Waals surface area contributed by atoms with E-state index >= 15 is 0 Å². The number of rotatable bonds is 12. The molecule has 0 radical (unpaired) electrons. The molecule has 0 aliphatic rings. The van der Waals surface area contributed by atoms with E-state index in [-0.39, 0.29) is 37.8 Å². The van der Waals surface area contributed by atoms with E-state index in [2.05, 4.69) is 5.32 Å². The van der Waals surface area contributed by atoms with Crippen molar-refractivity contribution in [2.24, 2.45) is 11.7 Å². The first-order valence-electron chi connectivity index (χ1n) is 11.5. The van der Waals surface area contributed by atoms with Gasteiger partial charge in [-0.05, 0) is 29.5 Å². The fourth-order valence-electron chi connectivity index (χ4n) is 3.93. The van der Waals surface area contributed by atoms with E-state index in [1.165, 1.54) is 0 Å². The average molecular weight is 531 g/mol. The highest BCUT2D eigenvalue weighted by Gasteiger charge is 2.35. The zero-order valence-electron chi connectivity index (χ0n) is 19.8. The SMILES string of the molecule is Cl.NC(Cc1ccccc1)P(=O)(O)CC(Cc1ccccc1)C(=O)N[C@@H](Cc1ccccc1)C(=O)O. The van der Waals surface area contributed by atoms with Crippen LogP contribution in [0.2, 0.25) is 0 Å². The molecule has 3 rings (SSSR count). The van der Waals surface area contributed by atoms with E-state index in [1.807, 2.05) is 66.7 Å². The summed E-state index contributed by atoms with van der Waals surface area (Å²) in [6, 6.07) is 26.1. The van der Waals surface area contributed by atoms with E-state index in [1.54, 1.807) is 24.3 Å². The number of carbonyl (C=O) groups excluding carboxylic acids is 1. The van der Waals surface area contributed by atoms with E-state index in [0.29, 0.717) is 0 Å². The van der Waals surface area contributed by atoms with Crippen LogP contribution in [-0.2, 0) is 33.4 Å². The second-order valence-electron chi connectivity index (χ2n) is 8.67. The standard InChI is InChI=1S/C27H31N2O5P.ClH/c28-25(18-22-14-8-3-9-15-22)35(33,34)19-23(16-20-10-4-1-5-11-20)26(30)29-24(27(31)32)17-21-12-6-2-7-13-21;/h1-15,23-25H,16-19,28H2,(H,29,30)(H,31,32)(H,33,34);1H/t23?,24-,25?;/m0./s1. The molecule has 0 heterocycles. The quantitative estimate of drug-likeness (QED) is 0.263. The summed E-state index contributed by atoms with van der Waals surface area (Å²) in [6.45, 7) is 0. The van der Waals surface area contributed by atoms with Gasteiger partial charge in [-0.1, -0.05) is 91.0 Å². The van der Waals surface area contributed by atoms with E-state index in [9.17, 15) is 24.2 Å². The van der Waals surface area contributed by atoms with Crippen LogP contribution in [-0.4, -0.2) is 39.9 Å². The van der Waals surface area contributed by atoms with Gasteiger partial charge in [0.15, 0.2) is 0 Å². The van der Waals surface area contributed by atoms with E-state index < -0.39 is 37.0 Å². The molecule has 3 unspecified atom stereocenters. The Kier molecular flexibility index (Phi) is 11.3. The Morgan fingerprint density at radius 1 is 0.778 bits per heavy atom. The molecular weight excluding hydrogens is 499 g/mol. The van der Waals surface area contributed by atoms with Gasteiger partial charge in [0.2, 0.25) is 13.3 Å². The van der Waals surface area contributed by atoms with Crippen LogP contribution >= 0.6 is 19.8 Å². The molecule has 0 aromatic heterocycles. The van der Waals surface area contributed by atoms with Gasteiger partial charge in [0.05, 0.1) is 11.7 Å². The molecule has 0 spiro atoms. The summed E-state index contributed by atoms with van der Waals surface area (Å²) < 4.78 is 13.3. The predicted octanol–water partition coefficient (Wildman–Crippen LogP) is 3.88. The number of hydrogen-bond donors (Lipinski definition) is 4. The largest absolute Gasteiger partial charge is 0.480 e. The van der Waals surface area contributed by atoms with Gasteiger partial charge in [0.1, 0.15) is 6.04 Å². The van der Waals surface area contributed by atoms with Crippen molar-refractivity contribution in [1.82, 2.24) is 5.32 Å². The fourth-order valence-corrected chi connectivity index (χ4v) is 5.62. The van der Waals surface area contributed by atoms with Crippen molar-refractivity contribution in [2.45, 2.75) is 31.1 Å². The summed E-state index contributed by atoms with van der Waals surface area (Å²) >= 11 is 0. The third kappa shape index (κ3) is 8.92. The van der Waals surface area contributed by atoms with Crippen LogP contribution in [0.1, 0.15) is 16.7 Å². The fraction of sp³-hybridized carbons (Fsp3) is 0.259. The number of hydrogen-bond acceptors (Lipinski definition) is 4. The van der Waals surface area contributed by atoms with Gasteiger partial charge in [-0.25, -0.2) is 4.79 Å². The molecule has 7 nitrogen and oxygen atoms in total. The van der Waals surface area contributed by atoms with Gasteiger partial charge in [-0.3, -0.25) is 9.36 Å². The van der Waals surface area contributed by atoms with Gasteiger partial charge in [0, 0.05) is 12.6 Å². The summed E-state index contributed by atoms with van der Waals surface area (Å²) in [5, 5.41) is 12.3. The number of carbonyl (C=O) groups is 2. The molecule has 0 aliphatic carbocycles. The molecule has 1 amide bonds. The van der Waals surface area contributed by atoms with Gasteiger partial charge in [0.25, 0.3) is 0 Å². The topological polar surface area (TPSA) is 130 Å². The van der Waals surface area contributed by atoms with Crippen LogP contribution in [0.3, 0.4) is 0 Å². The Hall–Kier alpha value is -2.96. The molecule has 3 aromatic rings. The molecule has 36 heavy (non-hydrogen) atoms. The average Bonchev–Trinajstić information content (AvgIpc) is 2.85. The first-order valence-corrected chi connectivity index (χ1v) is 13.4. The number of halogens is 1. The summed E-state index contributed by atoms with van der Waals surface area (Å²) in [6.07, 6.45) is 0.136. The van der Waals surface area contributed by atoms with Crippen LogP contribution in [0, 0.1) is 5.92 Å². The highest BCUT2D eigenvalue weighted by Crippen LogP contribution is 2.47. The number of amides is 1. The summed E-state index contributed by atoms with van der Waals surface area (Å²) in [4.78, 5) is 36.0. The number of benzene rings is 3. The Morgan fingerprint density at radius 2 is 1.19 bits per heavy atom. The third-order valence-corrected chi connectivity index (χ3v) is 8.06. The third-order valence-electron chi connectivity index (χ3n) is 5.88. The smallest absolute Gasteiger partial charge is 0.326 e. The minimum absolute atomic E-state index is 0. The molecule has 3 aromatic carbocycles. The van der Waals surface area contributed by atoms with Gasteiger partial charge in [-0.15, -0.1) is 12.4 Å². The maximum Gasteiger partial charge on any atom is 0.326 e. The van der Waals surface area contributed by atoms with Crippen molar-refractivity contribution in [3.63, 3.8) is 0 Å². The second kappa shape index (κ2) is 14.0. The maximum atomic E-state index is 13.3. The van der Waals surface area contributed by atoms with Crippen LogP contribution in [0.4, 0.5) is 0 Å². The number of nitrogens with two attached hydrogens (primary N) is 1. The lowest BCUT2D eigenvalue weighted by molar-refractivity contribution is -0.142. The van der Waals surface area contributed by atoms with Crippen molar-refractivity contribution in [3.8, 4) is 0 Å². The molecule has 5 N–H and O–H groups in total. The lowest BCUT2D eigenvalue weighted by Gasteiger charge is -2.25. The molecule has 0 bridgehead atoms. The van der Waals surface area contributed by atoms with E-state index in [4.69, 9.17) is 5.73 Å². The van der Waals surface area contributed by atoms with Crippen LogP contribution < -0.4 is 11.1 Å². The van der Waals surface area contributed by atoms with Crippen molar-refractivity contribution < 1.29 is 24.2 Å². The Bertz CT molecular complexity index is 1150. The van der Waals surface area contributed by atoms with Crippen LogP contribution in [0.15, 0.2) is 91.0 Å². The Labute approximate surface area is 217 Å². The Morgan fingerprint density at radius 3 is 1.64 bits per heavy atom. The van der Waals surface area contributed by atoms with Crippen molar-refractivity contribution >= 4 is 31.7 Å². The normalized spacial score (nSPS) is 14.9. The molecule has 0 fully saturated rings. The molecule has 0 aliphatic heterocycles. The molecule has 192 valence electrons. The first kappa shape index (κ1) is 29.3. The summed E-state index contributed by atoms with van der Waals surface area (Å²) in [7, 11) is -3.96. The lowest BCUT2D eigenvalue weighted by Crippen LogP contribution is -2.46. The highest BCUT2D eigenvalue weighted by atomic mass is 35.5. The summed E-state index contributed by atoms with van der Waals surface area (Å²) in [5.74, 6) is -3.73. The van der Waals surface area contributed by atoms with Crippen molar-refractivity contribution in [3.05, 3.63) is 108 Å². The number of aliphatic carboxylic acids is 1. The molecule has 0 saturated carbocycles.